The van der Waals surface area contributed by atoms with E-state index in [2.05, 4.69) is 21.2 Å². The van der Waals surface area contributed by atoms with E-state index in [9.17, 15) is 5.11 Å². The monoisotopic (exact) mass is 317 g/mol. The van der Waals surface area contributed by atoms with Gasteiger partial charge in [0.25, 0.3) is 0 Å². The van der Waals surface area contributed by atoms with Crippen LogP contribution in [0.15, 0.2) is 10.5 Å². The van der Waals surface area contributed by atoms with Crippen LogP contribution in [0.3, 0.4) is 0 Å². The molecule has 0 bridgehead atoms. The third-order valence-corrected chi connectivity index (χ3v) is 4.98. The van der Waals surface area contributed by atoms with Gasteiger partial charge in [0.05, 0.1) is 16.7 Å². The van der Waals surface area contributed by atoms with Crippen molar-refractivity contribution < 1.29 is 5.11 Å². The maximum atomic E-state index is 10.3. The number of hydrogen-bond donors (Lipinski definition) is 2. The molecule has 2 nitrogen and oxygen atoms in total. The molecule has 0 fully saturated rings. The molecule has 0 spiro atoms. The smallest absolute Gasteiger partial charge is 0.0830 e. The summed E-state index contributed by atoms with van der Waals surface area (Å²) in [5.74, 6) is 0.0912. The SMILES string of the molecule is Cc1c(Cl)c(Br)cc2c1NC(C)(C)[C@@H](O)[C@@H]2C. The zero-order valence-corrected chi connectivity index (χ0v) is 12.8. The number of anilines is 1. The van der Waals surface area contributed by atoms with Crippen LogP contribution in [-0.4, -0.2) is 16.7 Å². The lowest BCUT2D eigenvalue weighted by atomic mass is 9.78. The zero-order chi connectivity index (χ0) is 13.0. The molecule has 1 aliphatic heterocycles. The first-order chi connectivity index (χ1) is 7.75. The van der Waals surface area contributed by atoms with Crippen LogP contribution in [0, 0.1) is 6.92 Å². The Kier molecular flexibility index (Phi) is 3.22. The molecule has 1 aliphatic rings. The zero-order valence-electron chi connectivity index (χ0n) is 10.4. The van der Waals surface area contributed by atoms with Crippen molar-refractivity contribution in [3.05, 3.63) is 26.7 Å². The minimum absolute atomic E-state index is 0.0912. The predicted octanol–water partition coefficient (Wildman–Crippen LogP) is 4.08. The summed E-state index contributed by atoms with van der Waals surface area (Å²) in [5, 5.41) is 14.4. The van der Waals surface area contributed by atoms with Crippen LogP contribution in [0.1, 0.15) is 37.8 Å². The third kappa shape index (κ3) is 1.98. The van der Waals surface area contributed by atoms with E-state index in [4.69, 9.17) is 11.6 Å². The second-order valence-corrected chi connectivity index (χ2v) is 6.57. The number of halogens is 2. The molecule has 17 heavy (non-hydrogen) atoms. The maximum absolute atomic E-state index is 10.3. The molecular weight excluding hydrogens is 302 g/mol. The lowest BCUT2D eigenvalue weighted by Crippen LogP contribution is -2.50. The number of aliphatic hydroxyl groups excluding tert-OH is 1. The molecule has 2 N–H and O–H groups in total. The first-order valence-electron chi connectivity index (χ1n) is 5.70. The summed E-state index contributed by atoms with van der Waals surface area (Å²) < 4.78 is 0.885. The minimum Gasteiger partial charge on any atom is -0.390 e. The largest absolute Gasteiger partial charge is 0.390 e. The molecule has 1 heterocycles. The highest BCUT2D eigenvalue weighted by atomic mass is 79.9. The van der Waals surface area contributed by atoms with Crippen LogP contribution in [0.25, 0.3) is 0 Å². The van der Waals surface area contributed by atoms with Gasteiger partial charge in [0.15, 0.2) is 0 Å². The second-order valence-electron chi connectivity index (χ2n) is 5.34. The molecule has 1 aromatic carbocycles. The Hall–Kier alpha value is -0.250. The highest BCUT2D eigenvalue weighted by molar-refractivity contribution is 9.10. The molecule has 0 amide bonds. The Morgan fingerprint density at radius 3 is 2.65 bits per heavy atom. The van der Waals surface area contributed by atoms with E-state index in [1.807, 2.05) is 33.8 Å². The molecule has 0 aliphatic carbocycles. The van der Waals surface area contributed by atoms with E-state index in [-0.39, 0.29) is 11.5 Å². The van der Waals surface area contributed by atoms with E-state index < -0.39 is 6.10 Å². The summed E-state index contributed by atoms with van der Waals surface area (Å²) in [7, 11) is 0. The lowest BCUT2D eigenvalue weighted by molar-refractivity contribution is 0.0868. The molecular formula is C13H17BrClNO. The fourth-order valence-corrected chi connectivity index (χ4v) is 3.19. The Balaban J connectivity index is 2.65. The number of hydrogen-bond acceptors (Lipinski definition) is 2. The average molecular weight is 319 g/mol. The molecule has 0 saturated heterocycles. The average Bonchev–Trinajstić information content (AvgIpc) is 2.26. The molecule has 2 rings (SSSR count). The van der Waals surface area contributed by atoms with Crippen LogP contribution >= 0.6 is 27.5 Å². The number of benzene rings is 1. The van der Waals surface area contributed by atoms with Crippen molar-refractivity contribution in [3.63, 3.8) is 0 Å². The highest BCUT2D eigenvalue weighted by Gasteiger charge is 2.39. The first-order valence-corrected chi connectivity index (χ1v) is 6.87. The molecule has 94 valence electrons. The van der Waals surface area contributed by atoms with Gasteiger partial charge in [-0.2, -0.15) is 0 Å². The van der Waals surface area contributed by atoms with Gasteiger partial charge in [-0.25, -0.2) is 0 Å². The minimum atomic E-state index is -0.414. The summed E-state index contributed by atoms with van der Waals surface area (Å²) >= 11 is 9.70. The number of fused-ring (bicyclic) bond motifs is 1. The van der Waals surface area contributed by atoms with Crippen molar-refractivity contribution in [3.8, 4) is 0 Å². The van der Waals surface area contributed by atoms with E-state index >= 15 is 0 Å². The van der Waals surface area contributed by atoms with Gasteiger partial charge >= 0.3 is 0 Å². The van der Waals surface area contributed by atoms with Gasteiger partial charge in [-0.15, -0.1) is 0 Å². The van der Waals surface area contributed by atoms with Gasteiger partial charge in [-0.1, -0.05) is 18.5 Å². The molecule has 1 aromatic rings. The fourth-order valence-electron chi connectivity index (χ4n) is 2.49. The lowest BCUT2D eigenvalue weighted by Gasteiger charge is -2.43. The maximum Gasteiger partial charge on any atom is 0.0830 e. The Labute approximate surface area is 115 Å². The van der Waals surface area contributed by atoms with Crippen molar-refractivity contribution in [2.75, 3.05) is 5.32 Å². The summed E-state index contributed by atoms with van der Waals surface area (Å²) in [6.07, 6.45) is -0.414. The van der Waals surface area contributed by atoms with Gasteiger partial charge in [0.1, 0.15) is 0 Å². The van der Waals surface area contributed by atoms with Gasteiger partial charge in [0, 0.05) is 16.1 Å². The van der Waals surface area contributed by atoms with Crippen molar-refractivity contribution in [1.29, 1.82) is 0 Å². The van der Waals surface area contributed by atoms with Crippen molar-refractivity contribution in [2.45, 2.75) is 45.3 Å². The summed E-state index contributed by atoms with van der Waals surface area (Å²) in [6.45, 7) is 8.06. The van der Waals surface area contributed by atoms with Crippen molar-refractivity contribution in [2.24, 2.45) is 0 Å². The molecule has 4 heteroatoms. The summed E-state index contributed by atoms with van der Waals surface area (Å²) in [4.78, 5) is 0. The van der Waals surface area contributed by atoms with Gasteiger partial charge < -0.3 is 10.4 Å². The highest BCUT2D eigenvalue weighted by Crippen LogP contribution is 2.44. The Bertz CT molecular complexity index is 473. The standard InChI is InChI=1S/C13H17BrClNO/c1-6-8-5-9(14)10(15)7(2)11(8)16-13(3,4)12(6)17/h5-6,12,16-17H,1-4H3/t6-,12+/m1/s1. The fraction of sp³-hybridized carbons (Fsp3) is 0.538. The summed E-state index contributed by atoms with van der Waals surface area (Å²) in [6, 6.07) is 2.00. The molecule has 0 unspecified atom stereocenters. The molecule has 0 saturated carbocycles. The second kappa shape index (κ2) is 4.15. The van der Waals surface area contributed by atoms with Crippen molar-refractivity contribution >= 4 is 33.2 Å². The normalized spacial score (nSPS) is 26.3. The van der Waals surface area contributed by atoms with Crippen LogP contribution in [-0.2, 0) is 0 Å². The molecule has 2 atom stereocenters. The van der Waals surface area contributed by atoms with E-state index in [1.54, 1.807) is 0 Å². The Morgan fingerprint density at radius 2 is 2.06 bits per heavy atom. The van der Waals surface area contributed by atoms with Gasteiger partial charge in [-0.05, 0) is 53.9 Å². The first kappa shape index (κ1) is 13.2. The van der Waals surface area contributed by atoms with Gasteiger partial charge in [0.2, 0.25) is 0 Å². The van der Waals surface area contributed by atoms with E-state index in [0.29, 0.717) is 0 Å². The quantitative estimate of drug-likeness (QED) is 0.755. The van der Waals surface area contributed by atoms with Crippen LogP contribution in [0.5, 0.6) is 0 Å². The molecule has 0 radical (unpaired) electrons. The number of aliphatic hydroxyl groups is 1. The third-order valence-electron chi connectivity index (χ3n) is 3.64. The van der Waals surface area contributed by atoms with E-state index in [0.717, 1.165) is 26.3 Å². The van der Waals surface area contributed by atoms with Crippen molar-refractivity contribution in [1.82, 2.24) is 0 Å². The van der Waals surface area contributed by atoms with Gasteiger partial charge in [-0.3, -0.25) is 0 Å². The topological polar surface area (TPSA) is 32.3 Å². The molecule has 0 aromatic heterocycles. The van der Waals surface area contributed by atoms with Crippen LogP contribution in [0.4, 0.5) is 5.69 Å². The van der Waals surface area contributed by atoms with Crippen LogP contribution in [0.2, 0.25) is 5.02 Å². The number of nitrogens with one attached hydrogen (secondary N) is 1. The predicted molar refractivity (Wildman–Crippen MR) is 76.0 cm³/mol. The van der Waals surface area contributed by atoms with Crippen LogP contribution < -0.4 is 5.32 Å². The van der Waals surface area contributed by atoms with E-state index in [1.165, 1.54) is 0 Å². The summed E-state index contributed by atoms with van der Waals surface area (Å²) in [5.41, 5.74) is 2.86. The Morgan fingerprint density at radius 1 is 1.47 bits per heavy atom. The number of rotatable bonds is 0.